The van der Waals surface area contributed by atoms with E-state index in [1.54, 1.807) is 0 Å². The van der Waals surface area contributed by atoms with Crippen LogP contribution >= 0.6 is 12.0 Å². The highest BCUT2D eigenvalue weighted by atomic mass is 32.2. The lowest BCUT2D eigenvalue weighted by molar-refractivity contribution is -0.777. The van der Waals surface area contributed by atoms with Crippen LogP contribution in [0.3, 0.4) is 0 Å². The van der Waals surface area contributed by atoms with E-state index in [4.69, 9.17) is 4.74 Å². The third kappa shape index (κ3) is 3.14. The van der Waals surface area contributed by atoms with Gasteiger partial charge in [0.25, 0.3) is 0 Å². The van der Waals surface area contributed by atoms with E-state index >= 15 is 0 Å². The topological polar surface area (TPSA) is 94.1 Å². The van der Waals surface area contributed by atoms with Crippen LogP contribution in [0.25, 0.3) is 0 Å². The van der Waals surface area contributed by atoms with Gasteiger partial charge in [0.1, 0.15) is 12.2 Å². The third-order valence-corrected chi connectivity index (χ3v) is 4.15. The van der Waals surface area contributed by atoms with Crippen molar-refractivity contribution in [3.63, 3.8) is 0 Å². The predicted molar refractivity (Wildman–Crippen MR) is 56.8 cm³/mol. The van der Waals surface area contributed by atoms with Crippen molar-refractivity contribution >= 4 is 24.0 Å². The van der Waals surface area contributed by atoms with Crippen LogP contribution in [-0.2, 0) is 28.4 Å². The number of hydrogen-bond donors (Lipinski definition) is 0. The Bertz CT molecular complexity index is 459. The molecule has 7 nitrogen and oxygen atoms in total. The van der Waals surface area contributed by atoms with Gasteiger partial charge in [-0.1, -0.05) is 0 Å². The molecule has 2 fully saturated rings. The summed E-state index contributed by atoms with van der Waals surface area (Å²) in [7, 11) is 0. The van der Waals surface area contributed by atoms with E-state index in [2.05, 4.69) is 14.1 Å². The zero-order valence-electron chi connectivity index (χ0n) is 10.6. The average Bonchev–Trinajstić information content (AvgIpc) is 2.74. The summed E-state index contributed by atoms with van der Waals surface area (Å²) < 4.78 is 64.5. The van der Waals surface area contributed by atoms with Crippen LogP contribution in [0.5, 0.6) is 0 Å². The third-order valence-electron chi connectivity index (χ3n) is 3.39. The van der Waals surface area contributed by atoms with Crippen LogP contribution in [0.2, 0.25) is 0 Å². The maximum absolute atomic E-state index is 13.9. The first-order valence-electron chi connectivity index (χ1n) is 6.00. The molecule has 2 rings (SSSR count). The summed E-state index contributed by atoms with van der Waals surface area (Å²) >= 11 is -1.16. The molecule has 0 spiro atoms. The molecule has 4 atom stereocenters. The van der Waals surface area contributed by atoms with Crippen molar-refractivity contribution in [1.29, 1.82) is 0 Å². The summed E-state index contributed by atoms with van der Waals surface area (Å²) in [5.74, 6) is -3.22. The fourth-order valence-electron chi connectivity index (χ4n) is 2.29. The Hall–Kier alpha value is -1.11. The zero-order valence-corrected chi connectivity index (χ0v) is 11.4. The number of halogens is 4. The van der Waals surface area contributed by atoms with Crippen LogP contribution in [-0.4, -0.2) is 35.3 Å². The molecule has 1 heterocycles. The minimum Gasteiger partial charge on any atom is -0.691 e. The van der Waals surface area contributed by atoms with Gasteiger partial charge in [-0.2, -0.15) is 17.5 Å². The first kappa shape index (κ1) is 17.2. The molecule has 2 bridgehead atoms. The predicted octanol–water partition coefficient (Wildman–Crippen LogP) is 0.724. The van der Waals surface area contributed by atoms with Crippen LogP contribution in [0.4, 0.5) is 17.6 Å². The SMILES string of the molecule is O=C1OC2CC1CCC2OC(=O)C(F)(SOO[O-])C(F)(F)F. The molecule has 0 radical (unpaired) electrons. The molecule has 0 aromatic heterocycles. The molecular formula is C10H9F4O7S-. The lowest BCUT2D eigenvalue weighted by atomic mass is 9.88. The standard InChI is InChI=1S/C10H10F4O7S/c11-9(10(12,13)14,22-21-20-17)8(16)19-5-2-1-4-3-6(5)18-7(4)15/h4-6,17H,1-3H2/p-1. The summed E-state index contributed by atoms with van der Waals surface area (Å²) in [5.41, 5.74) is 0. The Morgan fingerprint density at radius 3 is 2.59 bits per heavy atom. The van der Waals surface area contributed by atoms with E-state index in [0.29, 0.717) is 0 Å². The van der Waals surface area contributed by atoms with Crippen molar-refractivity contribution in [2.75, 3.05) is 0 Å². The number of esters is 2. The molecule has 2 aliphatic rings. The molecule has 22 heavy (non-hydrogen) atoms. The maximum Gasteiger partial charge on any atom is 0.446 e. The molecule has 1 aliphatic heterocycles. The number of hydrogen-bond acceptors (Lipinski definition) is 8. The van der Waals surface area contributed by atoms with Crippen molar-refractivity contribution in [2.45, 2.75) is 42.6 Å². The van der Waals surface area contributed by atoms with Gasteiger partial charge < -0.3 is 14.7 Å². The molecule has 1 aliphatic carbocycles. The van der Waals surface area contributed by atoms with Crippen molar-refractivity contribution < 1.29 is 51.3 Å². The monoisotopic (exact) mass is 349 g/mol. The first-order chi connectivity index (χ1) is 10.2. The van der Waals surface area contributed by atoms with Crippen molar-refractivity contribution in [1.82, 2.24) is 0 Å². The number of ether oxygens (including phenoxy) is 2. The Morgan fingerprint density at radius 2 is 2.00 bits per heavy atom. The zero-order chi connectivity index (χ0) is 16.5. The highest BCUT2D eigenvalue weighted by Crippen LogP contribution is 2.45. The minimum absolute atomic E-state index is 0.0599. The second-order valence-corrected chi connectivity index (χ2v) is 5.61. The number of carbonyl (C=O) groups excluding carboxylic acids is 2. The van der Waals surface area contributed by atoms with Gasteiger partial charge >= 0.3 is 23.1 Å². The van der Waals surface area contributed by atoms with E-state index < -0.39 is 47.4 Å². The minimum atomic E-state index is -5.71. The van der Waals surface area contributed by atoms with Crippen LogP contribution < -0.4 is 5.26 Å². The average molecular weight is 349 g/mol. The second kappa shape index (κ2) is 6.18. The maximum atomic E-state index is 13.9. The van der Waals surface area contributed by atoms with Gasteiger partial charge in [0.15, 0.2) is 0 Å². The quantitative estimate of drug-likeness (QED) is 0.236. The smallest absolute Gasteiger partial charge is 0.446 e. The van der Waals surface area contributed by atoms with Crippen LogP contribution in [0.15, 0.2) is 0 Å². The van der Waals surface area contributed by atoms with Gasteiger partial charge in [0.2, 0.25) is 0 Å². The van der Waals surface area contributed by atoms with Gasteiger partial charge in [-0.25, -0.2) is 9.18 Å². The second-order valence-electron chi connectivity index (χ2n) is 4.74. The fraction of sp³-hybridized carbons (Fsp3) is 0.800. The van der Waals surface area contributed by atoms with Gasteiger partial charge in [-0.3, -0.25) is 9.83 Å². The number of fused-ring (bicyclic) bond motifs is 2. The Kier molecular flexibility index (Phi) is 4.84. The summed E-state index contributed by atoms with van der Waals surface area (Å²) in [6, 6.07) is 0. The molecule has 0 amide bonds. The number of alkyl halides is 4. The van der Waals surface area contributed by atoms with Crippen LogP contribution in [0, 0.1) is 5.92 Å². The molecule has 1 saturated heterocycles. The first-order valence-corrected chi connectivity index (χ1v) is 6.74. The van der Waals surface area contributed by atoms with Gasteiger partial charge in [0, 0.05) is 6.42 Å². The summed E-state index contributed by atoms with van der Waals surface area (Å²) in [6.07, 6.45) is -7.31. The van der Waals surface area contributed by atoms with E-state index in [0.717, 1.165) is 0 Å². The van der Waals surface area contributed by atoms with E-state index in [-0.39, 0.29) is 25.2 Å². The largest absolute Gasteiger partial charge is 0.691 e. The lowest BCUT2D eigenvalue weighted by Crippen LogP contribution is -2.49. The highest BCUT2D eigenvalue weighted by Gasteiger charge is 2.66. The molecular weight excluding hydrogens is 340 g/mol. The van der Waals surface area contributed by atoms with Gasteiger partial charge in [-0.15, -0.1) is 0 Å². The normalized spacial score (nSPS) is 30.6. The molecule has 0 aromatic carbocycles. The molecule has 1 saturated carbocycles. The Labute approximate surface area is 124 Å². The number of rotatable bonds is 5. The van der Waals surface area contributed by atoms with Crippen molar-refractivity contribution in [2.24, 2.45) is 5.92 Å². The van der Waals surface area contributed by atoms with Crippen LogP contribution in [0.1, 0.15) is 19.3 Å². The summed E-state index contributed by atoms with van der Waals surface area (Å²) in [6.45, 7) is 0. The van der Waals surface area contributed by atoms with E-state index in [1.165, 1.54) is 0 Å². The Balaban J connectivity index is 2.07. The summed E-state index contributed by atoms with van der Waals surface area (Å²) in [4.78, 5) is 22.8. The van der Waals surface area contributed by atoms with E-state index in [1.807, 2.05) is 0 Å². The molecule has 12 heteroatoms. The Morgan fingerprint density at radius 1 is 1.32 bits per heavy atom. The molecule has 4 unspecified atom stereocenters. The molecule has 126 valence electrons. The van der Waals surface area contributed by atoms with Crippen molar-refractivity contribution in [3.8, 4) is 0 Å². The van der Waals surface area contributed by atoms with Gasteiger partial charge in [0.05, 0.1) is 18.0 Å². The fourth-order valence-corrected chi connectivity index (χ4v) is 2.62. The van der Waals surface area contributed by atoms with Crippen molar-refractivity contribution in [3.05, 3.63) is 0 Å². The van der Waals surface area contributed by atoms with Gasteiger partial charge in [-0.05, 0) is 12.8 Å². The summed E-state index contributed by atoms with van der Waals surface area (Å²) in [5, 5.41) is 7.56. The number of carbonyl (C=O) groups is 2. The molecule has 0 aromatic rings. The lowest BCUT2D eigenvalue weighted by Gasteiger charge is -2.29. The molecule has 0 N–H and O–H groups in total. The van der Waals surface area contributed by atoms with E-state index in [9.17, 15) is 32.4 Å². The highest BCUT2D eigenvalue weighted by molar-refractivity contribution is 7.96.